The topological polar surface area (TPSA) is 82.8 Å². The first kappa shape index (κ1) is 20.9. The van der Waals surface area contributed by atoms with E-state index in [1.165, 1.54) is 5.56 Å². The predicted octanol–water partition coefficient (Wildman–Crippen LogP) is 2.72. The number of amides is 3. The highest BCUT2D eigenvalue weighted by Gasteiger charge is 2.35. The van der Waals surface area contributed by atoms with Gasteiger partial charge in [0.15, 0.2) is 0 Å². The van der Waals surface area contributed by atoms with Crippen LogP contribution in [0, 0.1) is 5.92 Å². The van der Waals surface area contributed by atoms with Gasteiger partial charge in [-0.2, -0.15) is 0 Å². The van der Waals surface area contributed by atoms with Gasteiger partial charge in [-0.15, -0.1) is 0 Å². The number of piperidine rings is 1. The number of urea groups is 1. The fraction of sp³-hybridized carbons (Fsp3) is 0.480. The molecule has 0 spiro atoms. The van der Waals surface area contributed by atoms with Crippen molar-refractivity contribution in [3.8, 4) is 0 Å². The molecule has 4 heterocycles. The summed E-state index contributed by atoms with van der Waals surface area (Å²) < 4.78 is 0. The van der Waals surface area contributed by atoms with Crippen molar-refractivity contribution < 1.29 is 9.59 Å². The highest BCUT2D eigenvalue weighted by Crippen LogP contribution is 2.39. The van der Waals surface area contributed by atoms with Crippen LogP contribution in [0.25, 0.3) is 0 Å². The first-order valence-corrected chi connectivity index (χ1v) is 11.6. The van der Waals surface area contributed by atoms with Gasteiger partial charge in [0.1, 0.15) is 0 Å². The van der Waals surface area contributed by atoms with Crippen molar-refractivity contribution in [2.45, 2.75) is 37.8 Å². The summed E-state index contributed by atoms with van der Waals surface area (Å²) in [5.74, 6) is 0.976. The Labute approximate surface area is 189 Å². The van der Waals surface area contributed by atoms with Gasteiger partial charge in [0, 0.05) is 32.0 Å². The molecular weight excluding hydrogens is 402 g/mol. The number of aromatic nitrogens is 1. The smallest absolute Gasteiger partial charge is 0.315 e. The fourth-order valence-electron chi connectivity index (χ4n) is 5.62. The van der Waals surface area contributed by atoms with Crippen LogP contribution in [0.1, 0.15) is 53.5 Å². The number of pyridine rings is 1. The van der Waals surface area contributed by atoms with Gasteiger partial charge in [0.25, 0.3) is 0 Å². The molecule has 2 aromatic rings. The molecule has 2 fully saturated rings. The lowest BCUT2D eigenvalue weighted by Crippen LogP contribution is -2.42. The number of likely N-dealkylation sites (tertiary alicyclic amines) is 2. The number of primary amides is 1. The van der Waals surface area contributed by atoms with Gasteiger partial charge < -0.3 is 20.4 Å². The zero-order valence-corrected chi connectivity index (χ0v) is 18.6. The van der Waals surface area contributed by atoms with Crippen LogP contribution in [-0.4, -0.2) is 64.8 Å². The van der Waals surface area contributed by atoms with Gasteiger partial charge >= 0.3 is 6.03 Å². The van der Waals surface area contributed by atoms with Crippen molar-refractivity contribution in [1.29, 1.82) is 0 Å². The average molecular weight is 434 g/mol. The lowest BCUT2D eigenvalue weighted by Gasteiger charge is -2.34. The summed E-state index contributed by atoms with van der Waals surface area (Å²) in [6.45, 7) is 4.08. The lowest BCUT2D eigenvalue weighted by molar-refractivity contribution is -0.136. The van der Waals surface area contributed by atoms with Gasteiger partial charge in [-0.25, -0.2) is 4.79 Å². The van der Waals surface area contributed by atoms with Crippen LogP contribution in [0.15, 0.2) is 42.7 Å². The number of carbonyl (C=O) groups is 2. The molecule has 0 bridgehead atoms. The highest BCUT2D eigenvalue weighted by atomic mass is 16.2. The van der Waals surface area contributed by atoms with E-state index in [2.05, 4.69) is 46.1 Å². The Morgan fingerprint density at radius 1 is 1.00 bits per heavy atom. The van der Waals surface area contributed by atoms with Crippen molar-refractivity contribution in [1.82, 2.24) is 19.7 Å². The zero-order chi connectivity index (χ0) is 22.2. The highest BCUT2D eigenvalue weighted by molar-refractivity contribution is 5.79. The largest absolute Gasteiger partial charge is 0.351 e. The van der Waals surface area contributed by atoms with Gasteiger partial charge in [-0.1, -0.05) is 24.3 Å². The second-order valence-electron chi connectivity index (χ2n) is 9.46. The SMILES string of the molecule is CN1CCC(C(=O)N2CCC(c3ccc(C4c5ccncc5CN4C(N)=O)cc3)CC2)C1. The molecule has 5 rings (SSSR count). The summed E-state index contributed by atoms with van der Waals surface area (Å²) in [6.07, 6.45) is 6.57. The van der Waals surface area contributed by atoms with E-state index in [1.54, 1.807) is 11.1 Å². The third-order valence-corrected chi connectivity index (χ3v) is 7.44. The molecule has 2 unspecified atom stereocenters. The van der Waals surface area contributed by atoms with Crippen LogP contribution in [0.3, 0.4) is 0 Å². The maximum absolute atomic E-state index is 12.8. The molecule has 1 aromatic heterocycles. The molecule has 0 radical (unpaired) electrons. The zero-order valence-electron chi connectivity index (χ0n) is 18.6. The van der Waals surface area contributed by atoms with E-state index >= 15 is 0 Å². The first-order valence-electron chi connectivity index (χ1n) is 11.6. The summed E-state index contributed by atoms with van der Waals surface area (Å²) in [5.41, 5.74) is 10.2. The minimum Gasteiger partial charge on any atom is -0.351 e. The maximum atomic E-state index is 12.8. The molecule has 0 aliphatic carbocycles. The predicted molar refractivity (Wildman–Crippen MR) is 122 cm³/mol. The Morgan fingerprint density at radius 2 is 1.72 bits per heavy atom. The molecule has 2 atom stereocenters. The van der Waals surface area contributed by atoms with E-state index in [1.807, 2.05) is 12.3 Å². The van der Waals surface area contributed by atoms with Crippen molar-refractivity contribution in [2.24, 2.45) is 11.7 Å². The van der Waals surface area contributed by atoms with Crippen molar-refractivity contribution in [2.75, 3.05) is 33.2 Å². The number of rotatable bonds is 3. The number of fused-ring (bicyclic) bond motifs is 1. The quantitative estimate of drug-likeness (QED) is 0.807. The third kappa shape index (κ3) is 3.86. The summed E-state index contributed by atoms with van der Waals surface area (Å²) in [4.78, 5) is 35.1. The standard InChI is InChI=1S/C25H31N5O2/c1-28-11-7-20(15-28)24(31)29-12-8-18(9-13-29)17-2-4-19(5-3-17)23-22-6-10-27-14-21(22)16-30(23)25(26)32/h2-6,10,14,18,20,23H,7-9,11-13,15-16H2,1H3,(H2,26,32). The average Bonchev–Trinajstić information content (AvgIpc) is 3.43. The van der Waals surface area contributed by atoms with E-state index in [9.17, 15) is 9.59 Å². The van der Waals surface area contributed by atoms with E-state index in [0.29, 0.717) is 18.4 Å². The normalized spacial score (nSPS) is 24.0. The van der Waals surface area contributed by atoms with Gasteiger partial charge in [0.05, 0.1) is 18.5 Å². The molecule has 0 saturated carbocycles. The Bertz CT molecular complexity index is 1000. The molecule has 1 aromatic carbocycles. The first-order chi connectivity index (χ1) is 15.5. The molecule has 3 aliphatic rings. The van der Waals surface area contributed by atoms with Gasteiger partial charge in [-0.05, 0) is 67.1 Å². The molecule has 168 valence electrons. The Balaban J connectivity index is 1.26. The van der Waals surface area contributed by atoms with E-state index < -0.39 is 6.03 Å². The van der Waals surface area contributed by atoms with Crippen LogP contribution in [0.4, 0.5) is 4.79 Å². The lowest BCUT2D eigenvalue weighted by atomic mass is 9.87. The van der Waals surface area contributed by atoms with Gasteiger partial charge in [-0.3, -0.25) is 9.78 Å². The fourth-order valence-corrected chi connectivity index (χ4v) is 5.62. The monoisotopic (exact) mass is 433 g/mol. The summed E-state index contributed by atoms with van der Waals surface area (Å²) in [6, 6.07) is 10.0. The van der Waals surface area contributed by atoms with Crippen LogP contribution < -0.4 is 5.73 Å². The summed E-state index contributed by atoms with van der Waals surface area (Å²) in [5, 5.41) is 0. The number of carbonyl (C=O) groups excluding carboxylic acids is 2. The van der Waals surface area contributed by atoms with Crippen LogP contribution >= 0.6 is 0 Å². The van der Waals surface area contributed by atoms with Crippen molar-refractivity contribution in [3.05, 3.63) is 65.0 Å². The molecule has 32 heavy (non-hydrogen) atoms. The van der Waals surface area contributed by atoms with E-state index in [0.717, 1.165) is 62.1 Å². The summed E-state index contributed by atoms with van der Waals surface area (Å²) in [7, 11) is 2.09. The van der Waals surface area contributed by atoms with Crippen molar-refractivity contribution >= 4 is 11.9 Å². The summed E-state index contributed by atoms with van der Waals surface area (Å²) >= 11 is 0. The van der Waals surface area contributed by atoms with Crippen LogP contribution in [0.5, 0.6) is 0 Å². The Morgan fingerprint density at radius 3 is 2.38 bits per heavy atom. The Kier molecular flexibility index (Phi) is 5.59. The molecule has 3 aliphatic heterocycles. The number of nitrogens with two attached hydrogens (primary N) is 1. The molecule has 7 heteroatoms. The molecular formula is C25H31N5O2. The molecule has 2 N–H and O–H groups in total. The number of benzene rings is 1. The number of nitrogens with zero attached hydrogens (tertiary/aromatic N) is 4. The van der Waals surface area contributed by atoms with E-state index in [4.69, 9.17) is 5.73 Å². The molecule has 2 saturated heterocycles. The maximum Gasteiger partial charge on any atom is 0.315 e. The molecule has 7 nitrogen and oxygen atoms in total. The van der Waals surface area contributed by atoms with Crippen LogP contribution in [-0.2, 0) is 11.3 Å². The second kappa shape index (κ2) is 8.54. The van der Waals surface area contributed by atoms with Crippen LogP contribution in [0.2, 0.25) is 0 Å². The number of hydrogen-bond acceptors (Lipinski definition) is 4. The second-order valence-corrected chi connectivity index (χ2v) is 9.46. The number of hydrogen-bond donors (Lipinski definition) is 1. The molecule has 3 amide bonds. The van der Waals surface area contributed by atoms with Crippen molar-refractivity contribution in [3.63, 3.8) is 0 Å². The third-order valence-electron chi connectivity index (χ3n) is 7.44. The van der Waals surface area contributed by atoms with Gasteiger partial charge in [0.2, 0.25) is 5.91 Å². The minimum atomic E-state index is -0.416. The van der Waals surface area contributed by atoms with E-state index in [-0.39, 0.29) is 12.0 Å². The minimum absolute atomic E-state index is 0.163. The Hall–Kier alpha value is -2.93.